The van der Waals surface area contributed by atoms with Crippen LogP contribution >= 0.6 is 31.9 Å². The van der Waals surface area contributed by atoms with E-state index in [0.717, 1.165) is 64.3 Å². The van der Waals surface area contributed by atoms with Crippen LogP contribution in [0.1, 0.15) is 127 Å². The van der Waals surface area contributed by atoms with Crippen LogP contribution < -0.4 is 20.0 Å². The van der Waals surface area contributed by atoms with Crippen molar-refractivity contribution in [3.8, 4) is 22.6 Å². The average Bonchev–Trinajstić information content (AvgIpc) is 3.14. The zero-order valence-corrected chi connectivity index (χ0v) is 38.5. The van der Waals surface area contributed by atoms with Crippen LogP contribution in [0.4, 0.5) is 0 Å². The molecular weight excluding hydrogens is 820 g/mol. The second kappa shape index (κ2) is 15.0. The summed E-state index contributed by atoms with van der Waals surface area (Å²) in [7, 11) is -3.34. The Balaban J connectivity index is 1.59. The number of aromatic hydroxyl groups is 1. The van der Waals surface area contributed by atoms with Gasteiger partial charge in [-0.15, -0.1) is 0 Å². The number of halogens is 2. The minimum Gasteiger partial charge on any atom is -0.529 e. The third-order valence-corrected chi connectivity index (χ3v) is 17.3. The monoisotopic (exact) mass is 876 g/mol. The fraction of sp³-hybridized carbons (Fsp3) is 0.400. The van der Waals surface area contributed by atoms with E-state index in [0.29, 0.717) is 5.75 Å². The van der Waals surface area contributed by atoms with E-state index >= 15 is 0 Å². The van der Waals surface area contributed by atoms with Crippen molar-refractivity contribution in [3.63, 3.8) is 0 Å². The Labute approximate surface area is 348 Å². The molecule has 0 fully saturated rings. The molecule has 0 atom stereocenters. The predicted molar refractivity (Wildman–Crippen MR) is 243 cm³/mol. The summed E-state index contributed by atoms with van der Waals surface area (Å²) in [5.41, 5.74) is 11.2. The van der Waals surface area contributed by atoms with Crippen molar-refractivity contribution in [2.24, 2.45) is 0 Å². The van der Waals surface area contributed by atoms with Crippen LogP contribution in [-0.2, 0) is 41.9 Å². The number of hydrogen-bond donors (Lipinski definition) is 1. The molecule has 0 amide bonds. The normalized spacial score (nSPS) is 15.0. The van der Waals surface area contributed by atoms with E-state index in [9.17, 15) is 5.11 Å². The van der Waals surface area contributed by atoms with E-state index in [1.54, 1.807) is 0 Å². The second-order valence-corrected chi connectivity index (χ2v) is 24.1. The zero-order valence-electron chi connectivity index (χ0n) is 34.4. The van der Waals surface area contributed by atoms with E-state index in [-0.39, 0.29) is 16.2 Å². The molecule has 0 aromatic heterocycles. The molecule has 0 unspecified atom stereocenters. The molecule has 0 aliphatic heterocycles. The first-order valence-corrected chi connectivity index (χ1v) is 23.8. The number of aryl methyl sites for hydroxylation is 2. The first kappa shape index (κ1) is 40.1. The maximum Gasteiger partial charge on any atom is 0.347 e. The van der Waals surface area contributed by atoms with E-state index in [1.165, 1.54) is 67.3 Å². The van der Waals surface area contributed by atoms with Gasteiger partial charge in [0, 0.05) is 11.1 Å². The smallest absolute Gasteiger partial charge is 0.347 e. The molecule has 0 bridgehead atoms. The predicted octanol–water partition coefficient (Wildman–Crippen LogP) is 12.3. The van der Waals surface area contributed by atoms with Gasteiger partial charge in [0.05, 0.1) is 8.95 Å². The largest absolute Gasteiger partial charge is 0.529 e. The van der Waals surface area contributed by atoms with Gasteiger partial charge < -0.3 is 9.53 Å². The van der Waals surface area contributed by atoms with Gasteiger partial charge in [-0.3, -0.25) is 0 Å². The summed E-state index contributed by atoms with van der Waals surface area (Å²) in [5, 5.41) is 15.8. The molecule has 288 valence electrons. The van der Waals surface area contributed by atoms with Crippen molar-refractivity contribution in [2.75, 3.05) is 0 Å². The number of hydrogen-bond acceptors (Lipinski definition) is 2. The molecule has 5 heteroatoms. The molecule has 0 spiro atoms. The van der Waals surface area contributed by atoms with Crippen LogP contribution in [0.15, 0.2) is 93.9 Å². The lowest BCUT2D eigenvalue weighted by Crippen LogP contribution is -2.71. The Kier molecular flexibility index (Phi) is 10.9. The number of fused-ring (bicyclic) bond motifs is 2. The van der Waals surface area contributed by atoms with Gasteiger partial charge in [0.15, 0.2) is 0 Å². The van der Waals surface area contributed by atoms with Gasteiger partial charge in [-0.05, 0) is 166 Å². The summed E-state index contributed by atoms with van der Waals surface area (Å²) in [6.45, 7) is 20.5. The Morgan fingerprint density at radius 1 is 0.491 bits per heavy atom. The second-order valence-electron chi connectivity index (χ2n) is 19.1. The first-order valence-electron chi connectivity index (χ1n) is 20.3. The molecule has 1 N–H and O–H groups in total. The summed E-state index contributed by atoms with van der Waals surface area (Å²) in [6.07, 6.45) is 8.53. The molecule has 5 aromatic carbocycles. The number of phenols is 1. The van der Waals surface area contributed by atoms with Gasteiger partial charge in [0.1, 0.15) is 11.5 Å². The van der Waals surface area contributed by atoms with Crippen molar-refractivity contribution in [1.82, 2.24) is 0 Å². The SMILES string of the molecule is CC(C)(C)c1ccc([Si](Oc2c(Br)cc3c(c2-c2c(O)c(Br)cc4c2CCCC4)CCCC3)(c2ccc(C(C)(C)C)cc2)c2ccc(C(C)(C)C)cc2)cc1. The molecule has 5 aromatic rings. The number of rotatable bonds is 6. The maximum atomic E-state index is 12.2. The zero-order chi connectivity index (χ0) is 39.5. The van der Waals surface area contributed by atoms with Crippen molar-refractivity contribution < 1.29 is 9.53 Å². The fourth-order valence-electron chi connectivity index (χ4n) is 8.78. The highest BCUT2D eigenvalue weighted by Crippen LogP contribution is 2.51. The Bertz CT molecular complexity index is 2060. The van der Waals surface area contributed by atoms with Gasteiger partial charge in [-0.25, -0.2) is 0 Å². The Hall–Kier alpha value is -3.12. The highest BCUT2D eigenvalue weighted by Gasteiger charge is 2.46. The highest BCUT2D eigenvalue weighted by molar-refractivity contribution is 9.11. The van der Waals surface area contributed by atoms with Crippen LogP contribution in [0.5, 0.6) is 11.5 Å². The fourth-order valence-corrected chi connectivity index (χ4v) is 13.7. The van der Waals surface area contributed by atoms with Crippen LogP contribution in [0.25, 0.3) is 11.1 Å². The standard InChI is InChI=1S/C50H58Br2O2Si/c1-48(2,3)34-18-24-37(25-19-34)55(38-26-20-35(21-27-38)49(4,5)6,39-28-22-36(23-29-39)50(7,8)9)54-47-43(52)31-33-15-11-13-17-41(33)45(47)44-40-16-12-10-14-32(40)30-42(51)46(44)53/h18-31,53H,10-17H2,1-9H3. The highest BCUT2D eigenvalue weighted by atomic mass is 79.9. The molecule has 2 aliphatic carbocycles. The third kappa shape index (κ3) is 7.67. The van der Waals surface area contributed by atoms with Crippen molar-refractivity contribution >= 4 is 55.7 Å². The van der Waals surface area contributed by atoms with E-state index in [2.05, 4.69) is 179 Å². The van der Waals surface area contributed by atoms with Gasteiger partial charge in [-0.2, -0.15) is 0 Å². The van der Waals surface area contributed by atoms with Crippen LogP contribution in [-0.4, -0.2) is 13.4 Å². The molecule has 7 rings (SSSR count). The topological polar surface area (TPSA) is 29.5 Å². The average molecular weight is 879 g/mol. The summed E-state index contributed by atoms with van der Waals surface area (Å²) >= 11 is 7.96. The lowest BCUT2D eigenvalue weighted by Gasteiger charge is -2.37. The van der Waals surface area contributed by atoms with Gasteiger partial charge in [-0.1, -0.05) is 135 Å². The third-order valence-electron chi connectivity index (χ3n) is 12.1. The Morgan fingerprint density at radius 3 is 1.22 bits per heavy atom. The van der Waals surface area contributed by atoms with Gasteiger partial charge in [0.2, 0.25) is 0 Å². The molecule has 0 saturated carbocycles. The molecular formula is C50H58Br2O2Si. The summed E-state index contributed by atoms with van der Waals surface area (Å²) in [6, 6.07) is 32.4. The summed E-state index contributed by atoms with van der Waals surface area (Å²) in [4.78, 5) is 0. The Morgan fingerprint density at radius 2 is 0.836 bits per heavy atom. The molecule has 55 heavy (non-hydrogen) atoms. The van der Waals surface area contributed by atoms with Crippen molar-refractivity contribution in [1.29, 1.82) is 0 Å². The van der Waals surface area contributed by atoms with Gasteiger partial charge in [0.25, 0.3) is 0 Å². The van der Waals surface area contributed by atoms with Crippen LogP contribution in [0, 0.1) is 0 Å². The summed E-state index contributed by atoms with van der Waals surface area (Å²) < 4.78 is 9.88. The van der Waals surface area contributed by atoms with E-state index in [4.69, 9.17) is 4.43 Å². The van der Waals surface area contributed by atoms with Crippen LogP contribution in [0.2, 0.25) is 0 Å². The number of benzene rings is 5. The molecule has 0 heterocycles. The van der Waals surface area contributed by atoms with Crippen LogP contribution in [0.3, 0.4) is 0 Å². The van der Waals surface area contributed by atoms with E-state index < -0.39 is 8.32 Å². The number of phenolic OH excluding ortho intramolecular Hbond substituents is 1. The molecule has 0 radical (unpaired) electrons. The maximum absolute atomic E-state index is 12.2. The lowest BCUT2D eigenvalue weighted by atomic mass is 9.80. The minimum absolute atomic E-state index is 0.0122. The molecule has 0 saturated heterocycles. The molecule has 2 aliphatic rings. The first-order chi connectivity index (χ1) is 25.9. The quantitative estimate of drug-likeness (QED) is 0.136. The van der Waals surface area contributed by atoms with Gasteiger partial charge >= 0.3 is 8.32 Å². The van der Waals surface area contributed by atoms with Crippen molar-refractivity contribution in [3.05, 3.63) is 133 Å². The minimum atomic E-state index is -3.34. The van der Waals surface area contributed by atoms with Crippen molar-refractivity contribution in [2.45, 2.75) is 130 Å². The lowest BCUT2D eigenvalue weighted by molar-refractivity contribution is 0.471. The molecule has 2 nitrogen and oxygen atoms in total. The van der Waals surface area contributed by atoms with E-state index in [1.807, 2.05) is 0 Å². The summed E-state index contributed by atoms with van der Waals surface area (Å²) in [5.74, 6) is 1.16.